The molecule has 6 rings (SSSR count). The molecule has 1 N–H and O–H groups in total. The van der Waals surface area contributed by atoms with Gasteiger partial charge in [0.1, 0.15) is 6.04 Å². The number of thiophene rings is 1. The highest BCUT2D eigenvalue weighted by molar-refractivity contribution is 7.10. The number of nitrogens with zero attached hydrogens (tertiary/aromatic N) is 1. The van der Waals surface area contributed by atoms with Crippen LogP contribution in [-0.4, -0.2) is 11.7 Å². The molecule has 0 unspecified atom stereocenters. The first-order valence-electron chi connectivity index (χ1n) is 11.2. The molecule has 32 heavy (non-hydrogen) atoms. The van der Waals surface area contributed by atoms with Gasteiger partial charge in [0.15, 0.2) is 5.78 Å². The van der Waals surface area contributed by atoms with Crippen LogP contribution in [0.3, 0.4) is 0 Å². The monoisotopic (exact) mass is 440 g/mol. The molecule has 1 aliphatic heterocycles. The summed E-state index contributed by atoms with van der Waals surface area (Å²) in [5, 5.41) is 5.62. The number of carbonyl (C=O) groups excluding carboxylic acids is 2. The van der Waals surface area contributed by atoms with Gasteiger partial charge >= 0.3 is 0 Å². The van der Waals surface area contributed by atoms with E-state index < -0.39 is 0 Å². The lowest BCUT2D eigenvalue weighted by Gasteiger charge is -2.34. The van der Waals surface area contributed by atoms with Crippen molar-refractivity contribution in [3.8, 4) is 0 Å². The molecule has 0 spiro atoms. The zero-order valence-electron chi connectivity index (χ0n) is 17.7. The van der Waals surface area contributed by atoms with Crippen LogP contribution in [0.4, 0.5) is 11.4 Å². The van der Waals surface area contributed by atoms with Crippen molar-refractivity contribution in [3.05, 3.63) is 93.8 Å². The molecule has 1 amide bonds. The number of para-hydroxylation sites is 2. The number of rotatable bonds is 3. The first kappa shape index (κ1) is 19.5. The van der Waals surface area contributed by atoms with Gasteiger partial charge < -0.3 is 5.32 Å². The van der Waals surface area contributed by atoms with Crippen molar-refractivity contribution in [1.82, 2.24) is 0 Å². The van der Waals surface area contributed by atoms with E-state index in [1.54, 1.807) is 11.3 Å². The summed E-state index contributed by atoms with van der Waals surface area (Å²) in [5.41, 5.74) is 4.65. The molecular weight excluding hydrogens is 416 g/mol. The van der Waals surface area contributed by atoms with Crippen LogP contribution in [0.25, 0.3) is 0 Å². The zero-order valence-corrected chi connectivity index (χ0v) is 18.5. The van der Waals surface area contributed by atoms with Gasteiger partial charge in [-0.3, -0.25) is 14.5 Å². The van der Waals surface area contributed by atoms with E-state index in [1.165, 1.54) is 5.56 Å². The van der Waals surface area contributed by atoms with Gasteiger partial charge in [0, 0.05) is 28.5 Å². The van der Waals surface area contributed by atoms with Crippen LogP contribution in [0.5, 0.6) is 0 Å². The summed E-state index contributed by atoms with van der Waals surface area (Å²) >= 11 is 1.61. The third-order valence-corrected chi connectivity index (χ3v) is 7.66. The molecule has 2 atom stereocenters. The second-order valence-corrected chi connectivity index (χ2v) is 9.85. The lowest BCUT2D eigenvalue weighted by molar-refractivity contribution is -0.120. The van der Waals surface area contributed by atoms with Gasteiger partial charge in [-0.1, -0.05) is 48.5 Å². The number of benzene rings is 2. The smallest absolute Gasteiger partial charge is 0.231 e. The number of amides is 1. The summed E-state index contributed by atoms with van der Waals surface area (Å²) < 4.78 is 0. The van der Waals surface area contributed by atoms with Crippen molar-refractivity contribution in [2.75, 3.05) is 10.2 Å². The highest BCUT2D eigenvalue weighted by atomic mass is 32.1. The molecule has 2 aliphatic carbocycles. The standard InChI is InChI=1S/C27H24N2O2S/c30-23-16-19(17-7-2-1-3-8-17)15-21-25(23)26(24-11-6-14-32-24)29(27(31)18-12-13-18)22-10-5-4-9-20(22)28-21/h1-11,14,18-19,26,28H,12-13,15-16H2/t19-,26-/m1/s1. The minimum atomic E-state index is -0.376. The Morgan fingerprint density at radius 1 is 0.938 bits per heavy atom. The number of ketones is 1. The fraction of sp³-hybridized carbons (Fsp3) is 0.259. The number of carbonyl (C=O) groups is 2. The minimum Gasteiger partial charge on any atom is -0.357 e. The summed E-state index contributed by atoms with van der Waals surface area (Å²) in [7, 11) is 0. The van der Waals surface area contributed by atoms with Crippen LogP contribution in [0.1, 0.15) is 48.1 Å². The van der Waals surface area contributed by atoms with Gasteiger partial charge in [-0.2, -0.15) is 0 Å². The minimum absolute atomic E-state index is 0.0587. The van der Waals surface area contributed by atoms with Gasteiger partial charge in [-0.15, -0.1) is 11.3 Å². The quantitative estimate of drug-likeness (QED) is 0.539. The SMILES string of the molecule is O=C1C[C@H](c2ccccc2)CC2=C1[C@@H](c1cccs1)N(C(=O)C1CC1)c1ccccc1N2. The van der Waals surface area contributed by atoms with Crippen LogP contribution in [-0.2, 0) is 9.59 Å². The maximum atomic E-state index is 13.7. The van der Waals surface area contributed by atoms with E-state index in [-0.39, 0.29) is 29.6 Å². The van der Waals surface area contributed by atoms with Crippen LogP contribution < -0.4 is 10.2 Å². The molecule has 4 nitrogen and oxygen atoms in total. The number of allylic oxidation sites excluding steroid dienone is 1. The van der Waals surface area contributed by atoms with Gasteiger partial charge in [0.2, 0.25) is 5.91 Å². The highest BCUT2D eigenvalue weighted by Gasteiger charge is 2.45. The summed E-state index contributed by atoms with van der Waals surface area (Å²) in [6.07, 6.45) is 3.08. The molecule has 5 heteroatoms. The van der Waals surface area contributed by atoms with Crippen molar-refractivity contribution in [1.29, 1.82) is 0 Å². The van der Waals surface area contributed by atoms with Crippen LogP contribution in [0.2, 0.25) is 0 Å². The predicted molar refractivity (Wildman–Crippen MR) is 128 cm³/mol. The van der Waals surface area contributed by atoms with Crippen LogP contribution >= 0.6 is 11.3 Å². The maximum Gasteiger partial charge on any atom is 0.231 e. The Morgan fingerprint density at radius 3 is 2.47 bits per heavy atom. The van der Waals surface area contributed by atoms with Gasteiger partial charge in [-0.25, -0.2) is 0 Å². The number of fused-ring (bicyclic) bond motifs is 1. The average molecular weight is 441 g/mol. The second-order valence-electron chi connectivity index (χ2n) is 8.87. The van der Waals surface area contributed by atoms with Crippen molar-refractivity contribution < 1.29 is 9.59 Å². The molecule has 1 saturated carbocycles. The zero-order chi connectivity index (χ0) is 21.7. The van der Waals surface area contributed by atoms with Crippen molar-refractivity contribution in [3.63, 3.8) is 0 Å². The Bertz CT molecular complexity index is 1210. The van der Waals surface area contributed by atoms with E-state index in [0.717, 1.165) is 46.8 Å². The Balaban J connectivity index is 1.53. The van der Waals surface area contributed by atoms with E-state index in [1.807, 2.05) is 58.8 Å². The number of nitrogens with one attached hydrogen (secondary N) is 1. The maximum absolute atomic E-state index is 13.7. The Morgan fingerprint density at radius 2 is 1.72 bits per heavy atom. The van der Waals surface area contributed by atoms with E-state index in [4.69, 9.17) is 0 Å². The fourth-order valence-corrected chi connectivity index (χ4v) is 5.86. The molecule has 1 fully saturated rings. The lowest BCUT2D eigenvalue weighted by Crippen LogP contribution is -2.39. The molecule has 160 valence electrons. The summed E-state index contributed by atoms with van der Waals surface area (Å²) in [6.45, 7) is 0. The fourth-order valence-electron chi connectivity index (χ4n) is 5.04. The van der Waals surface area contributed by atoms with Gasteiger partial charge in [0.05, 0.1) is 11.4 Å². The highest BCUT2D eigenvalue weighted by Crippen LogP contribution is 2.49. The molecular formula is C27H24N2O2S. The molecule has 3 aromatic rings. The normalized spacial score (nSPS) is 22.6. The molecule has 1 aromatic heterocycles. The van der Waals surface area contributed by atoms with Gasteiger partial charge in [-0.05, 0) is 54.3 Å². The third kappa shape index (κ3) is 3.28. The van der Waals surface area contributed by atoms with Crippen LogP contribution in [0.15, 0.2) is 83.4 Å². The third-order valence-electron chi connectivity index (χ3n) is 6.74. The summed E-state index contributed by atoms with van der Waals surface area (Å²) in [5.74, 6) is 0.456. The topological polar surface area (TPSA) is 49.4 Å². The van der Waals surface area contributed by atoms with Crippen molar-refractivity contribution >= 4 is 34.4 Å². The van der Waals surface area contributed by atoms with Crippen LogP contribution in [0, 0.1) is 5.92 Å². The average Bonchev–Trinajstić information content (AvgIpc) is 3.56. The first-order valence-corrected chi connectivity index (χ1v) is 12.1. The first-order chi connectivity index (χ1) is 15.7. The number of hydrogen-bond acceptors (Lipinski definition) is 4. The van der Waals surface area contributed by atoms with E-state index in [0.29, 0.717) is 6.42 Å². The molecule has 0 bridgehead atoms. The van der Waals surface area contributed by atoms with Gasteiger partial charge in [0.25, 0.3) is 0 Å². The second kappa shape index (κ2) is 7.75. The largest absolute Gasteiger partial charge is 0.357 e. The molecule has 0 saturated heterocycles. The summed E-state index contributed by atoms with van der Waals surface area (Å²) in [6, 6.07) is 21.9. The van der Waals surface area contributed by atoms with E-state index in [2.05, 4.69) is 23.5 Å². The summed E-state index contributed by atoms with van der Waals surface area (Å²) in [4.78, 5) is 30.3. The van der Waals surface area contributed by atoms with E-state index >= 15 is 0 Å². The number of anilines is 2. The lowest BCUT2D eigenvalue weighted by atomic mass is 9.79. The van der Waals surface area contributed by atoms with Crippen molar-refractivity contribution in [2.45, 2.75) is 37.6 Å². The number of hydrogen-bond donors (Lipinski definition) is 1. The Kier molecular flexibility index (Phi) is 4.72. The molecule has 0 radical (unpaired) electrons. The molecule has 2 aromatic carbocycles. The Hall–Kier alpha value is -3.18. The molecule has 3 aliphatic rings. The number of Topliss-reactive ketones (excluding diaryl/α,β-unsaturated/α-hetero) is 1. The van der Waals surface area contributed by atoms with E-state index in [9.17, 15) is 9.59 Å². The predicted octanol–water partition coefficient (Wildman–Crippen LogP) is 6.06. The van der Waals surface area contributed by atoms with Crippen molar-refractivity contribution in [2.24, 2.45) is 5.92 Å². The molecule has 2 heterocycles. The Labute approximate surface area is 191 Å².